The molecule has 21 heavy (non-hydrogen) atoms. The van der Waals surface area contributed by atoms with Crippen molar-refractivity contribution in [2.24, 2.45) is 5.73 Å². The number of ether oxygens (including phenoxy) is 2. The van der Waals surface area contributed by atoms with E-state index in [0.717, 1.165) is 10.4 Å². The van der Waals surface area contributed by atoms with Crippen LogP contribution in [0.1, 0.15) is 16.5 Å². The van der Waals surface area contributed by atoms with Crippen LogP contribution >= 0.6 is 11.3 Å². The molecule has 0 radical (unpaired) electrons. The predicted octanol–water partition coefficient (Wildman–Crippen LogP) is 2.08. The minimum absolute atomic E-state index is 0.213. The number of thiophene rings is 1. The van der Waals surface area contributed by atoms with Crippen molar-refractivity contribution in [3.63, 3.8) is 0 Å². The third-order valence-corrected chi connectivity index (χ3v) is 4.03. The first kappa shape index (κ1) is 15.3. The van der Waals surface area contributed by atoms with E-state index in [1.807, 2.05) is 29.6 Å². The summed E-state index contributed by atoms with van der Waals surface area (Å²) in [5.74, 6) is 1.16. The average Bonchev–Trinajstić information content (AvgIpc) is 3.05. The van der Waals surface area contributed by atoms with Crippen molar-refractivity contribution in [2.75, 3.05) is 14.2 Å². The van der Waals surface area contributed by atoms with Gasteiger partial charge in [-0.3, -0.25) is 4.79 Å². The van der Waals surface area contributed by atoms with Gasteiger partial charge in [-0.15, -0.1) is 11.3 Å². The summed E-state index contributed by atoms with van der Waals surface area (Å²) in [5, 5.41) is 4.72. The molecule has 1 aromatic carbocycles. The van der Waals surface area contributed by atoms with Crippen molar-refractivity contribution in [1.29, 1.82) is 0 Å². The molecule has 2 rings (SSSR count). The van der Waals surface area contributed by atoms with Crippen molar-refractivity contribution >= 4 is 17.2 Å². The smallest absolute Gasteiger partial charge is 0.242 e. The third-order valence-electron chi connectivity index (χ3n) is 3.08. The first-order valence-corrected chi connectivity index (χ1v) is 7.31. The molecule has 1 amide bonds. The summed E-state index contributed by atoms with van der Waals surface area (Å²) in [7, 11) is 3.17. The highest BCUT2D eigenvalue weighted by Gasteiger charge is 2.16. The zero-order chi connectivity index (χ0) is 15.2. The molecule has 0 saturated carbocycles. The molecule has 0 fully saturated rings. The Morgan fingerprint density at radius 3 is 2.76 bits per heavy atom. The number of nitrogens with two attached hydrogens (primary N) is 1. The van der Waals surface area contributed by atoms with E-state index in [1.165, 1.54) is 11.3 Å². The van der Waals surface area contributed by atoms with E-state index in [1.54, 1.807) is 20.3 Å². The zero-order valence-corrected chi connectivity index (χ0v) is 12.8. The normalized spacial score (nSPS) is 11.8. The monoisotopic (exact) mass is 306 g/mol. The zero-order valence-electron chi connectivity index (χ0n) is 12.0. The molecule has 0 bridgehead atoms. The fourth-order valence-electron chi connectivity index (χ4n) is 1.89. The Balaban J connectivity index is 2.01. The summed E-state index contributed by atoms with van der Waals surface area (Å²) in [6, 6.07) is 8.54. The predicted molar refractivity (Wildman–Crippen MR) is 82.6 cm³/mol. The van der Waals surface area contributed by atoms with E-state index in [-0.39, 0.29) is 5.91 Å². The first-order valence-electron chi connectivity index (χ1n) is 6.43. The molecule has 3 N–H and O–H groups in total. The van der Waals surface area contributed by atoms with Crippen LogP contribution in [0.25, 0.3) is 0 Å². The summed E-state index contributed by atoms with van der Waals surface area (Å²) in [6.45, 7) is 0.352. The maximum Gasteiger partial charge on any atom is 0.242 e. The van der Waals surface area contributed by atoms with Crippen LogP contribution in [0.3, 0.4) is 0 Å². The molecular formula is C15H18N2O3S. The molecule has 1 atom stereocenters. The van der Waals surface area contributed by atoms with Gasteiger partial charge in [0.15, 0.2) is 0 Å². The minimum Gasteiger partial charge on any atom is -0.497 e. The quantitative estimate of drug-likeness (QED) is 0.857. The summed E-state index contributed by atoms with van der Waals surface area (Å²) in [5.41, 5.74) is 6.78. The van der Waals surface area contributed by atoms with Crippen LogP contribution in [0, 0.1) is 0 Å². The van der Waals surface area contributed by atoms with Crippen molar-refractivity contribution in [2.45, 2.75) is 12.6 Å². The van der Waals surface area contributed by atoms with Crippen molar-refractivity contribution < 1.29 is 14.3 Å². The lowest BCUT2D eigenvalue weighted by atomic mass is 10.1. The van der Waals surface area contributed by atoms with Gasteiger partial charge in [-0.05, 0) is 23.6 Å². The van der Waals surface area contributed by atoms with Gasteiger partial charge in [-0.2, -0.15) is 0 Å². The number of hydrogen-bond donors (Lipinski definition) is 2. The second kappa shape index (κ2) is 7.10. The fraction of sp³-hybridized carbons (Fsp3) is 0.267. The maximum absolute atomic E-state index is 12.0. The van der Waals surface area contributed by atoms with Gasteiger partial charge in [0.1, 0.15) is 17.5 Å². The minimum atomic E-state index is -0.644. The highest BCUT2D eigenvalue weighted by molar-refractivity contribution is 7.10. The van der Waals surface area contributed by atoms with Crippen LogP contribution in [0.15, 0.2) is 35.7 Å². The molecule has 1 aromatic heterocycles. The Morgan fingerprint density at radius 2 is 2.14 bits per heavy atom. The number of hydrogen-bond acceptors (Lipinski definition) is 5. The molecule has 1 unspecified atom stereocenters. The molecule has 0 aliphatic rings. The highest BCUT2D eigenvalue weighted by atomic mass is 32.1. The Kier molecular flexibility index (Phi) is 5.19. The SMILES string of the molecule is COc1ccc(CNC(=O)C(N)c2cccs2)c(OC)c1. The summed E-state index contributed by atoms with van der Waals surface area (Å²) >= 11 is 1.47. The molecule has 0 spiro atoms. The number of carbonyl (C=O) groups excluding carboxylic acids is 1. The van der Waals surface area contributed by atoms with Crippen LogP contribution in [0.5, 0.6) is 11.5 Å². The van der Waals surface area contributed by atoms with E-state index in [4.69, 9.17) is 15.2 Å². The largest absolute Gasteiger partial charge is 0.497 e. The van der Waals surface area contributed by atoms with Gasteiger partial charge in [-0.25, -0.2) is 0 Å². The van der Waals surface area contributed by atoms with E-state index in [9.17, 15) is 4.79 Å². The maximum atomic E-state index is 12.0. The number of benzene rings is 1. The number of nitrogens with one attached hydrogen (secondary N) is 1. The molecule has 0 aliphatic carbocycles. The number of amides is 1. The van der Waals surface area contributed by atoms with E-state index in [0.29, 0.717) is 18.0 Å². The van der Waals surface area contributed by atoms with Gasteiger partial charge in [-0.1, -0.05) is 6.07 Å². The summed E-state index contributed by atoms with van der Waals surface area (Å²) in [6.07, 6.45) is 0. The lowest BCUT2D eigenvalue weighted by molar-refractivity contribution is -0.122. The summed E-state index contributed by atoms with van der Waals surface area (Å²) in [4.78, 5) is 12.9. The second-order valence-corrected chi connectivity index (χ2v) is 5.37. The van der Waals surface area contributed by atoms with Crippen LogP contribution < -0.4 is 20.5 Å². The second-order valence-electron chi connectivity index (χ2n) is 4.39. The van der Waals surface area contributed by atoms with Crippen molar-refractivity contribution in [1.82, 2.24) is 5.32 Å². The van der Waals surface area contributed by atoms with Crippen molar-refractivity contribution in [3.05, 3.63) is 46.2 Å². The van der Waals surface area contributed by atoms with Gasteiger partial charge in [0, 0.05) is 23.1 Å². The van der Waals surface area contributed by atoms with Gasteiger partial charge >= 0.3 is 0 Å². The molecular weight excluding hydrogens is 288 g/mol. The highest BCUT2D eigenvalue weighted by Crippen LogP contribution is 2.24. The van der Waals surface area contributed by atoms with Gasteiger partial charge < -0.3 is 20.5 Å². The first-order chi connectivity index (χ1) is 10.2. The molecule has 112 valence electrons. The molecule has 0 saturated heterocycles. The molecule has 2 aromatic rings. The summed E-state index contributed by atoms with van der Waals surface area (Å²) < 4.78 is 10.4. The van der Waals surface area contributed by atoms with E-state index < -0.39 is 6.04 Å². The third kappa shape index (κ3) is 3.74. The fourth-order valence-corrected chi connectivity index (χ4v) is 2.61. The Morgan fingerprint density at radius 1 is 1.33 bits per heavy atom. The molecule has 0 aliphatic heterocycles. The topological polar surface area (TPSA) is 73.6 Å². The van der Waals surface area contributed by atoms with Gasteiger partial charge in [0.25, 0.3) is 0 Å². The molecule has 6 heteroatoms. The lowest BCUT2D eigenvalue weighted by Gasteiger charge is -2.13. The van der Waals surface area contributed by atoms with Gasteiger partial charge in [0.05, 0.1) is 14.2 Å². The molecule has 5 nitrogen and oxygen atoms in total. The van der Waals surface area contributed by atoms with Crippen LogP contribution in [0.2, 0.25) is 0 Å². The van der Waals surface area contributed by atoms with Crippen LogP contribution in [0.4, 0.5) is 0 Å². The Labute approximate surface area is 127 Å². The van der Waals surface area contributed by atoms with E-state index >= 15 is 0 Å². The van der Waals surface area contributed by atoms with Crippen molar-refractivity contribution in [3.8, 4) is 11.5 Å². The number of methoxy groups -OCH3 is 2. The average molecular weight is 306 g/mol. The van der Waals surface area contributed by atoms with E-state index in [2.05, 4.69) is 5.32 Å². The number of carbonyl (C=O) groups is 1. The van der Waals surface area contributed by atoms with Gasteiger partial charge in [0.2, 0.25) is 5.91 Å². The molecule has 1 heterocycles. The van der Waals surface area contributed by atoms with Crippen LogP contribution in [-0.2, 0) is 11.3 Å². The number of rotatable bonds is 6. The van der Waals surface area contributed by atoms with Crippen LogP contribution in [-0.4, -0.2) is 20.1 Å². The lowest BCUT2D eigenvalue weighted by Crippen LogP contribution is -2.33. The standard InChI is InChI=1S/C15H18N2O3S/c1-19-11-6-5-10(12(8-11)20-2)9-17-15(18)14(16)13-4-3-7-21-13/h3-8,14H,9,16H2,1-2H3,(H,17,18). The Hall–Kier alpha value is -2.05. The Bertz CT molecular complexity index is 599.